The Morgan fingerprint density at radius 3 is 1.90 bits per heavy atom. The van der Waals surface area contributed by atoms with Crippen molar-refractivity contribution in [3.05, 3.63) is 10.8 Å². The van der Waals surface area contributed by atoms with Crippen LogP contribution in [0.3, 0.4) is 0 Å². The molecular weight excluding hydrogens is 168 g/mol. The van der Waals surface area contributed by atoms with Gasteiger partial charge in [0.25, 0.3) is 0 Å². The Morgan fingerprint density at radius 2 is 1.50 bits per heavy atom. The molecular formula is C6H4O2S2. The first-order valence-corrected chi connectivity index (χ1v) is 4.41. The summed E-state index contributed by atoms with van der Waals surface area (Å²) in [5.41, 5.74) is 0. The van der Waals surface area contributed by atoms with Crippen LogP contribution in [0.4, 0.5) is 0 Å². The summed E-state index contributed by atoms with van der Waals surface area (Å²) in [6.45, 7) is 0. The van der Waals surface area contributed by atoms with Crippen LogP contribution in [0.2, 0.25) is 0 Å². The number of hydrogen-bond donors (Lipinski definition) is 2. The van der Waals surface area contributed by atoms with Gasteiger partial charge in [0.1, 0.15) is 11.5 Å². The molecule has 2 N–H and O–H groups in total. The summed E-state index contributed by atoms with van der Waals surface area (Å²) < 4.78 is 0.968. The largest absolute Gasteiger partial charge is 0.506 e. The van der Waals surface area contributed by atoms with Gasteiger partial charge in [-0.1, -0.05) is 0 Å². The molecule has 0 unspecified atom stereocenters. The average Bonchev–Trinajstić information content (AvgIpc) is 2.40. The third-order valence-electron chi connectivity index (χ3n) is 1.27. The summed E-state index contributed by atoms with van der Waals surface area (Å²) in [6, 6.07) is 0. The molecule has 2 heterocycles. The maximum absolute atomic E-state index is 9.14. The number of aromatic hydroxyl groups is 2. The van der Waals surface area contributed by atoms with Gasteiger partial charge in [0.15, 0.2) is 0 Å². The van der Waals surface area contributed by atoms with E-state index in [-0.39, 0.29) is 11.5 Å². The van der Waals surface area contributed by atoms with Gasteiger partial charge < -0.3 is 10.2 Å². The summed E-state index contributed by atoms with van der Waals surface area (Å²) in [4.78, 5) is 0. The molecule has 2 rings (SSSR count). The van der Waals surface area contributed by atoms with Gasteiger partial charge >= 0.3 is 0 Å². The summed E-state index contributed by atoms with van der Waals surface area (Å²) in [5.74, 6) is 0.359. The molecule has 2 aromatic rings. The monoisotopic (exact) mass is 172 g/mol. The topological polar surface area (TPSA) is 40.5 Å². The van der Waals surface area contributed by atoms with E-state index in [0.29, 0.717) is 5.39 Å². The van der Waals surface area contributed by atoms with Gasteiger partial charge in [0.05, 0.1) is 9.40 Å². The van der Waals surface area contributed by atoms with E-state index in [9.17, 15) is 0 Å². The first-order chi connectivity index (χ1) is 4.79. The minimum absolute atomic E-state index is 0.179. The highest BCUT2D eigenvalue weighted by molar-refractivity contribution is 7.37. The molecule has 2 nitrogen and oxygen atoms in total. The van der Waals surface area contributed by atoms with Gasteiger partial charge in [-0.2, -0.15) is 0 Å². The van der Waals surface area contributed by atoms with Crippen molar-refractivity contribution < 1.29 is 10.2 Å². The Hall–Kier alpha value is -0.740. The van der Waals surface area contributed by atoms with Crippen molar-refractivity contribution in [3.63, 3.8) is 0 Å². The van der Waals surface area contributed by atoms with Crippen molar-refractivity contribution in [3.8, 4) is 11.5 Å². The van der Waals surface area contributed by atoms with Crippen LogP contribution in [0.5, 0.6) is 11.5 Å². The fraction of sp³-hybridized carbons (Fsp3) is 0. The van der Waals surface area contributed by atoms with Gasteiger partial charge in [0, 0.05) is 10.8 Å². The molecule has 4 heteroatoms. The van der Waals surface area contributed by atoms with E-state index in [1.165, 1.54) is 22.7 Å². The normalized spacial score (nSPS) is 10.8. The average molecular weight is 172 g/mol. The number of rotatable bonds is 0. The SMILES string of the molecule is Oc1csc2scc(O)c12. The highest BCUT2D eigenvalue weighted by Crippen LogP contribution is 2.41. The summed E-state index contributed by atoms with van der Waals surface area (Å²) in [6.07, 6.45) is 0. The van der Waals surface area contributed by atoms with Gasteiger partial charge in [-0.25, -0.2) is 0 Å². The zero-order valence-corrected chi connectivity index (χ0v) is 6.50. The maximum atomic E-state index is 9.14. The fourth-order valence-electron chi connectivity index (χ4n) is 0.823. The van der Waals surface area contributed by atoms with Gasteiger partial charge in [-0.15, -0.1) is 22.7 Å². The van der Waals surface area contributed by atoms with Crippen LogP contribution in [0.15, 0.2) is 10.8 Å². The summed E-state index contributed by atoms with van der Waals surface area (Å²) in [5, 5.41) is 22.1. The van der Waals surface area contributed by atoms with Crippen LogP contribution < -0.4 is 0 Å². The van der Waals surface area contributed by atoms with Crippen LogP contribution in [0, 0.1) is 0 Å². The standard InChI is InChI=1S/C6H4O2S2/c7-3-1-9-6-5(3)4(8)2-10-6/h1-2,7-8H. The molecule has 0 aromatic carbocycles. The minimum atomic E-state index is 0.179. The molecule has 2 aromatic heterocycles. The zero-order valence-electron chi connectivity index (χ0n) is 4.87. The molecule has 0 aliphatic heterocycles. The molecule has 0 radical (unpaired) electrons. The second kappa shape index (κ2) is 1.87. The van der Waals surface area contributed by atoms with E-state index in [0.717, 1.165) is 4.01 Å². The van der Waals surface area contributed by atoms with Crippen molar-refractivity contribution in [2.45, 2.75) is 0 Å². The fourth-order valence-corrected chi connectivity index (χ4v) is 2.66. The quantitative estimate of drug-likeness (QED) is 0.640. The maximum Gasteiger partial charge on any atom is 0.138 e. The van der Waals surface area contributed by atoms with Crippen molar-refractivity contribution in [2.75, 3.05) is 0 Å². The van der Waals surface area contributed by atoms with Gasteiger partial charge in [0.2, 0.25) is 0 Å². The number of hydrogen-bond acceptors (Lipinski definition) is 4. The Morgan fingerprint density at radius 1 is 1.00 bits per heavy atom. The second-order valence-corrected chi connectivity index (χ2v) is 3.92. The van der Waals surface area contributed by atoms with E-state index in [2.05, 4.69) is 0 Å². The van der Waals surface area contributed by atoms with Crippen molar-refractivity contribution in [1.29, 1.82) is 0 Å². The van der Waals surface area contributed by atoms with Crippen LogP contribution in [0.1, 0.15) is 0 Å². The van der Waals surface area contributed by atoms with Crippen molar-refractivity contribution >= 4 is 32.1 Å². The Bertz CT molecular complexity index is 329. The lowest BCUT2D eigenvalue weighted by Gasteiger charge is -1.83. The predicted octanol–water partition coefficient (Wildman–Crippen LogP) is 2.37. The third kappa shape index (κ3) is 0.629. The molecule has 0 saturated heterocycles. The second-order valence-electron chi connectivity index (χ2n) is 1.90. The molecule has 10 heavy (non-hydrogen) atoms. The highest BCUT2D eigenvalue weighted by atomic mass is 32.2. The van der Waals surface area contributed by atoms with E-state index in [1.54, 1.807) is 10.8 Å². The zero-order chi connectivity index (χ0) is 7.14. The Kier molecular flexibility index (Phi) is 1.12. The number of fused-ring (bicyclic) bond motifs is 1. The molecule has 0 aliphatic rings. The van der Waals surface area contributed by atoms with Crippen LogP contribution in [-0.2, 0) is 0 Å². The lowest BCUT2D eigenvalue weighted by Crippen LogP contribution is -1.54. The Balaban J connectivity index is 2.98. The summed E-state index contributed by atoms with van der Waals surface area (Å²) in [7, 11) is 0. The molecule has 0 amide bonds. The molecule has 0 bridgehead atoms. The van der Waals surface area contributed by atoms with E-state index in [4.69, 9.17) is 10.2 Å². The molecule has 0 saturated carbocycles. The molecule has 0 spiro atoms. The highest BCUT2D eigenvalue weighted by Gasteiger charge is 2.08. The lowest BCUT2D eigenvalue weighted by molar-refractivity contribution is 0.467. The summed E-state index contributed by atoms with van der Waals surface area (Å²) >= 11 is 2.89. The number of thiophene rings is 2. The predicted molar refractivity (Wildman–Crippen MR) is 43.0 cm³/mol. The smallest absolute Gasteiger partial charge is 0.138 e. The van der Waals surface area contributed by atoms with E-state index in [1.807, 2.05) is 0 Å². The Labute approximate surface area is 65.0 Å². The third-order valence-corrected chi connectivity index (χ3v) is 3.37. The van der Waals surface area contributed by atoms with Crippen molar-refractivity contribution in [2.24, 2.45) is 0 Å². The first-order valence-electron chi connectivity index (χ1n) is 2.65. The van der Waals surface area contributed by atoms with Crippen LogP contribution >= 0.6 is 22.7 Å². The minimum Gasteiger partial charge on any atom is -0.506 e. The van der Waals surface area contributed by atoms with Crippen LogP contribution in [0.25, 0.3) is 9.40 Å². The van der Waals surface area contributed by atoms with Crippen LogP contribution in [-0.4, -0.2) is 10.2 Å². The molecule has 0 fully saturated rings. The van der Waals surface area contributed by atoms with Gasteiger partial charge in [-0.3, -0.25) is 0 Å². The first kappa shape index (κ1) is 6.00. The molecule has 52 valence electrons. The lowest BCUT2D eigenvalue weighted by atomic mass is 10.4. The van der Waals surface area contributed by atoms with Crippen molar-refractivity contribution in [1.82, 2.24) is 0 Å². The van der Waals surface area contributed by atoms with Gasteiger partial charge in [-0.05, 0) is 0 Å². The molecule has 0 atom stereocenters. The van der Waals surface area contributed by atoms with E-state index < -0.39 is 0 Å². The van der Waals surface area contributed by atoms with E-state index >= 15 is 0 Å². The molecule has 0 aliphatic carbocycles.